The maximum atomic E-state index is 8.92. The van der Waals surface area contributed by atoms with Gasteiger partial charge in [-0.05, 0) is 12.1 Å². The first-order valence-corrected chi connectivity index (χ1v) is 6.59. The molecule has 0 spiro atoms. The molecule has 18 heavy (non-hydrogen) atoms. The smallest absolute Gasteiger partial charge is 0.234 e. The topological polar surface area (TPSA) is 37.0 Å². The Morgan fingerprint density at radius 1 is 1.50 bits per heavy atom. The number of thiazole rings is 1. The van der Waals surface area contributed by atoms with Gasteiger partial charge in [0.15, 0.2) is 12.7 Å². The second-order valence-electron chi connectivity index (χ2n) is 3.77. The van der Waals surface area contributed by atoms with Gasteiger partial charge < -0.3 is 17.5 Å². The molecule has 0 aromatic carbocycles. The molecule has 0 aliphatic heterocycles. The van der Waals surface area contributed by atoms with Crippen LogP contribution in [0.1, 0.15) is 15.4 Å². The molecule has 98 valence electrons. The number of aromatic nitrogens is 2. The lowest BCUT2D eigenvalue weighted by molar-refractivity contribution is -0.689. The van der Waals surface area contributed by atoms with Crippen LogP contribution in [-0.4, -0.2) is 16.7 Å². The summed E-state index contributed by atoms with van der Waals surface area (Å²) in [6, 6.07) is 3.86. The Labute approximate surface area is 121 Å². The molecule has 2 aromatic heterocycles. The van der Waals surface area contributed by atoms with E-state index in [1.807, 2.05) is 12.1 Å². The van der Waals surface area contributed by atoms with Crippen molar-refractivity contribution in [1.82, 2.24) is 4.98 Å². The van der Waals surface area contributed by atoms with Gasteiger partial charge in [-0.25, -0.2) is 4.98 Å². The van der Waals surface area contributed by atoms with E-state index in [4.69, 9.17) is 16.7 Å². The second-order valence-corrected chi connectivity index (χ2v) is 5.45. The Morgan fingerprint density at radius 2 is 2.28 bits per heavy atom. The average Bonchev–Trinajstić information content (AvgIpc) is 2.63. The van der Waals surface area contributed by atoms with Crippen molar-refractivity contribution >= 4 is 22.9 Å². The van der Waals surface area contributed by atoms with Crippen LogP contribution < -0.4 is 17.0 Å². The fourth-order valence-electron chi connectivity index (χ4n) is 1.64. The zero-order chi connectivity index (χ0) is 12.3. The predicted octanol–water partition coefficient (Wildman–Crippen LogP) is -1.02. The maximum Gasteiger partial charge on any atom is 0.234 e. The minimum atomic E-state index is 0. The third-order valence-electron chi connectivity index (χ3n) is 2.52. The molecule has 3 nitrogen and oxygen atoms in total. The molecule has 0 amide bonds. The van der Waals surface area contributed by atoms with E-state index >= 15 is 0 Å². The summed E-state index contributed by atoms with van der Waals surface area (Å²) in [5, 5.41) is 10.7. The van der Waals surface area contributed by atoms with E-state index in [1.54, 1.807) is 17.5 Å². The van der Waals surface area contributed by atoms with Gasteiger partial charge in [0.2, 0.25) is 5.01 Å². The van der Waals surface area contributed by atoms with Gasteiger partial charge in [-0.2, -0.15) is 4.57 Å². The van der Waals surface area contributed by atoms with Gasteiger partial charge in [0, 0.05) is 26.1 Å². The van der Waals surface area contributed by atoms with E-state index in [2.05, 4.69) is 22.7 Å². The number of hydrogen-bond acceptors (Lipinski definition) is 3. The SMILES string of the molecule is Cc1sc(CCO)c[n+]1Cc1cccnc1Cl.[Cl-]. The Morgan fingerprint density at radius 3 is 2.94 bits per heavy atom. The highest BCUT2D eigenvalue weighted by molar-refractivity contribution is 7.11. The Balaban J connectivity index is 0.00000162. The number of pyridine rings is 1. The minimum absolute atomic E-state index is 0. The lowest BCUT2D eigenvalue weighted by Crippen LogP contribution is -3.00. The molecule has 2 rings (SSSR count). The quantitative estimate of drug-likeness (QED) is 0.580. The van der Waals surface area contributed by atoms with Crippen LogP contribution >= 0.6 is 22.9 Å². The number of aryl methyl sites for hydroxylation is 1. The normalized spacial score (nSPS) is 10.2. The summed E-state index contributed by atoms with van der Waals surface area (Å²) in [5.41, 5.74) is 1.01. The van der Waals surface area contributed by atoms with Crippen molar-refractivity contribution < 1.29 is 22.1 Å². The van der Waals surface area contributed by atoms with Gasteiger partial charge in [0.05, 0.1) is 10.4 Å². The molecule has 0 atom stereocenters. The predicted molar refractivity (Wildman–Crippen MR) is 68.4 cm³/mol. The number of nitrogens with zero attached hydrogens (tertiary/aromatic N) is 2. The van der Waals surface area contributed by atoms with Gasteiger partial charge >= 0.3 is 0 Å². The van der Waals surface area contributed by atoms with Crippen molar-refractivity contribution in [3.05, 3.63) is 45.1 Å². The van der Waals surface area contributed by atoms with Crippen LogP contribution in [0.25, 0.3) is 0 Å². The van der Waals surface area contributed by atoms with Crippen LogP contribution in [0.3, 0.4) is 0 Å². The van der Waals surface area contributed by atoms with Crippen molar-refractivity contribution in [1.29, 1.82) is 0 Å². The van der Waals surface area contributed by atoms with E-state index in [0.717, 1.165) is 12.1 Å². The highest BCUT2D eigenvalue weighted by atomic mass is 35.5. The van der Waals surface area contributed by atoms with Gasteiger partial charge in [-0.1, -0.05) is 22.9 Å². The minimum Gasteiger partial charge on any atom is -1.00 e. The van der Waals surface area contributed by atoms with Gasteiger partial charge in [-0.3, -0.25) is 0 Å². The molecule has 0 saturated carbocycles. The fraction of sp³-hybridized carbons (Fsp3) is 0.333. The van der Waals surface area contributed by atoms with E-state index < -0.39 is 0 Å². The van der Waals surface area contributed by atoms with E-state index in [9.17, 15) is 0 Å². The third-order valence-corrected chi connectivity index (χ3v) is 3.96. The molecule has 0 fully saturated rings. The van der Waals surface area contributed by atoms with Crippen LogP contribution in [0.4, 0.5) is 0 Å². The molecule has 0 aliphatic rings. The summed E-state index contributed by atoms with van der Waals surface area (Å²) in [5.74, 6) is 0. The molecular formula is C12H14Cl2N2OS. The lowest BCUT2D eigenvalue weighted by atomic mass is 10.3. The third kappa shape index (κ3) is 3.65. The first-order valence-electron chi connectivity index (χ1n) is 5.39. The van der Waals surface area contributed by atoms with Crippen molar-refractivity contribution in [3.63, 3.8) is 0 Å². The molecule has 0 aliphatic carbocycles. The Hall–Kier alpha value is -0.680. The van der Waals surface area contributed by atoms with Crippen LogP contribution in [-0.2, 0) is 13.0 Å². The number of aliphatic hydroxyl groups excluding tert-OH is 1. The first kappa shape index (κ1) is 15.4. The molecule has 0 radical (unpaired) electrons. The Kier molecular flexibility index (Phi) is 6.02. The fourth-order valence-corrected chi connectivity index (χ4v) is 2.81. The molecular weight excluding hydrogens is 291 g/mol. The molecule has 0 unspecified atom stereocenters. The maximum absolute atomic E-state index is 8.92. The summed E-state index contributed by atoms with van der Waals surface area (Å²) >= 11 is 7.74. The molecule has 1 N–H and O–H groups in total. The van der Waals surface area contributed by atoms with E-state index in [-0.39, 0.29) is 19.0 Å². The van der Waals surface area contributed by atoms with Crippen molar-refractivity contribution in [3.8, 4) is 0 Å². The first-order chi connectivity index (χ1) is 8.20. The summed E-state index contributed by atoms with van der Waals surface area (Å²) in [7, 11) is 0. The zero-order valence-corrected chi connectivity index (χ0v) is 12.3. The van der Waals surface area contributed by atoms with Gasteiger partial charge in [-0.15, -0.1) is 0 Å². The number of aliphatic hydroxyl groups is 1. The molecule has 6 heteroatoms. The Bertz CT molecular complexity index is 517. The molecule has 0 bridgehead atoms. The highest BCUT2D eigenvalue weighted by Crippen LogP contribution is 2.14. The summed E-state index contributed by atoms with van der Waals surface area (Å²) < 4.78 is 2.14. The van der Waals surface area contributed by atoms with Crippen LogP contribution in [0.5, 0.6) is 0 Å². The molecule has 2 heterocycles. The van der Waals surface area contributed by atoms with Crippen LogP contribution in [0.15, 0.2) is 24.5 Å². The standard InChI is InChI=1S/C12H14ClN2OS.ClH/c1-9-15(8-11(17-9)4-6-16)7-10-3-2-5-14-12(10)13;/h2-3,5,8,16H,4,6-7H2,1H3;1H/q+1;/p-1. The van der Waals surface area contributed by atoms with E-state index in [1.165, 1.54) is 9.88 Å². The molecule has 2 aromatic rings. The van der Waals surface area contributed by atoms with Crippen molar-refractivity contribution in [2.75, 3.05) is 6.61 Å². The molecule has 0 saturated heterocycles. The van der Waals surface area contributed by atoms with Crippen molar-refractivity contribution in [2.24, 2.45) is 0 Å². The van der Waals surface area contributed by atoms with Gasteiger partial charge in [0.1, 0.15) is 5.15 Å². The second kappa shape index (κ2) is 7.04. The van der Waals surface area contributed by atoms with E-state index in [0.29, 0.717) is 11.6 Å². The summed E-state index contributed by atoms with van der Waals surface area (Å²) in [6.45, 7) is 2.98. The van der Waals surface area contributed by atoms with Crippen LogP contribution in [0.2, 0.25) is 5.15 Å². The average molecular weight is 305 g/mol. The summed E-state index contributed by atoms with van der Waals surface area (Å²) in [4.78, 5) is 5.25. The van der Waals surface area contributed by atoms with Crippen molar-refractivity contribution in [2.45, 2.75) is 19.9 Å². The highest BCUT2D eigenvalue weighted by Gasteiger charge is 2.15. The van der Waals surface area contributed by atoms with Gasteiger partial charge in [0.25, 0.3) is 0 Å². The zero-order valence-electron chi connectivity index (χ0n) is 9.94. The number of rotatable bonds is 4. The largest absolute Gasteiger partial charge is 1.00 e. The lowest BCUT2D eigenvalue weighted by Gasteiger charge is -1.98. The number of hydrogen-bond donors (Lipinski definition) is 1. The monoisotopic (exact) mass is 304 g/mol. The summed E-state index contributed by atoms with van der Waals surface area (Å²) in [6.07, 6.45) is 4.47. The number of halogens is 2. The van der Waals surface area contributed by atoms with Crippen LogP contribution in [0, 0.1) is 6.92 Å².